The second-order valence-corrected chi connectivity index (χ2v) is 4.36. The van der Waals surface area contributed by atoms with Crippen molar-refractivity contribution in [3.63, 3.8) is 0 Å². The Morgan fingerprint density at radius 1 is 1.24 bits per heavy atom. The molecule has 0 heterocycles. The van der Waals surface area contributed by atoms with Crippen LogP contribution in [0.3, 0.4) is 0 Å². The monoisotopic (exact) mass is 244 g/mol. The molecule has 0 unspecified atom stereocenters. The maximum atomic E-state index is 11.4. The molecule has 0 aromatic carbocycles. The quantitative estimate of drug-likeness (QED) is 0.435. The molecule has 0 radical (unpaired) electrons. The van der Waals surface area contributed by atoms with Gasteiger partial charge in [-0.3, -0.25) is 9.59 Å². The molecule has 0 atom stereocenters. The fourth-order valence-electron chi connectivity index (χ4n) is 1.88. The van der Waals surface area contributed by atoms with Gasteiger partial charge in [0.05, 0.1) is 12.2 Å². The third kappa shape index (κ3) is 4.70. The van der Waals surface area contributed by atoms with Gasteiger partial charge in [0.25, 0.3) is 0 Å². The largest absolute Gasteiger partial charge is 0.388 e. The zero-order chi connectivity index (χ0) is 12.7. The highest BCUT2D eigenvalue weighted by Gasteiger charge is 2.31. The summed E-state index contributed by atoms with van der Waals surface area (Å²) in [7, 11) is 1.52. The van der Waals surface area contributed by atoms with E-state index in [1.54, 1.807) is 0 Å². The maximum Gasteiger partial charge on any atom is 0.309 e. The van der Waals surface area contributed by atoms with Gasteiger partial charge in [-0.2, -0.15) is 0 Å². The molecule has 17 heavy (non-hydrogen) atoms. The van der Waals surface area contributed by atoms with Crippen molar-refractivity contribution in [1.29, 1.82) is 0 Å². The number of carbonyl (C=O) groups is 2. The number of nitrogens with one attached hydrogen (secondary N) is 2. The number of carbonyl (C=O) groups excluding carboxylic acids is 2. The van der Waals surface area contributed by atoms with E-state index in [0.717, 1.165) is 12.8 Å². The smallest absolute Gasteiger partial charge is 0.309 e. The molecule has 0 aromatic rings. The Balaban J connectivity index is 2.21. The molecular formula is C11H20N2O4. The first-order chi connectivity index (χ1) is 8.07. The van der Waals surface area contributed by atoms with Gasteiger partial charge in [0.2, 0.25) is 0 Å². The highest BCUT2D eigenvalue weighted by molar-refractivity contribution is 6.35. The molecule has 1 fully saturated rings. The number of methoxy groups -OCH3 is 1. The Kier molecular flexibility index (Phi) is 5.37. The Bertz CT molecular complexity index is 275. The molecule has 2 amide bonds. The highest BCUT2D eigenvalue weighted by atomic mass is 16.5. The van der Waals surface area contributed by atoms with Gasteiger partial charge in [-0.15, -0.1) is 0 Å². The molecule has 6 nitrogen and oxygen atoms in total. The fraction of sp³-hybridized carbons (Fsp3) is 0.818. The van der Waals surface area contributed by atoms with Crippen LogP contribution in [0, 0.1) is 0 Å². The average molecular weight is 244 g/mol. The number of amides is 2. The predicted octanol–water partition coefficient (Wildman–Crippen LogP) is -0.830. The van der Waals surface area contributed by atoms with Crippen molar-refractivity contribution in [2.75, 3.05) is 26.8 Å². The molecule has 1 aliphatic rings. The zero-order valence-corrected chi connectivity index (χ0v) is 10.1. The lowest BCUT2D eigenvalue weighted by Crippen LogP contribution is -2.47. The van der Waals surface area contributed by atoms with Crippen molar-refractivity contribution in [1.82, 2.24) is 10.6 Å². The Morgan fingerprint density at radius 2 is 1.82 bits per heavy atom. The molecule has 0 bridgehead atoms. The van der Waals surface area contributed by atoms with Gasteiger partial charge in [-0.25, -0.2) is 0 Å². The summed E-state index contributed by atoms with van der Waals surface area (Å²) in [6, 6.07) is 0. The normalized spacial score (nSPS) is 17.8. The third-order valence-corrected chi connectivity index (χ3v) is 2.91. The van der Waals surface area contributed by atoms with Crippen molar-refractivity contribution >= 4 is 11.8 Å². The minimum atomic E-state index is -0.831. The van der Waals surface area contributed by atoms with Crippen molar-refractivity contribution in [2.45, 2.75) is 31.3 Å². The number of ether oxygens (including phenoxy) is 1. The van der Waals surface area contributed by atoms with E-state index in [4.69, 9.17) is 4.74 Å². The third-order valence-electron chi connectivity index (χ3n) is 2.91. The minimum Gasteiger partial charge on any atom is -0.388 e. The molecule has 1 saturated carbocycles. The molecule has 3 N–H and O–H groups in total. The van der Waals surface area contributed by atoms with Crippen LogP contribution in [0.4, 0.5) is 0 Å². The first-order valence-electron chi connectivity index (χ1n) is 5.85. The summed E-state index contributed by atoms with van der Waals surface area (Å²) in [5.74, 6) is -1.40. The molecule has 0 aliphatic heterocycles. The molecule has 6 heteroatoms. The fourth-order valence-corrected chi connectivity index (χ4v) is 1.88. The second-order valence-electron chi connectivity index (χ2n) is 4.36. The Hall–Kier alpha value is -1.14. The van der Waals surface area contributed by atoms with Crippen LogP contribution >= 0.6 is 0 Å². The van der Waals surface area contributed by atoms with E-state index in [1.165, 1.54) is 7.11 Å². The van der Waals surface area contributed by atoms with Crippen LogP contribution in [0.1, 0.15) is 25.7 Å². The van der Waals surface area contributed by atoms with Gasteiger partial charge in [0, 0.05) is 20.2 Å². The molecule has 1 rings (SSSR count). The Morgan fingerprint density at radius 3 is 2.41 bits per heavy atom. The topological polar surface area (TPSA) is 87.7 Å². The van der Waals surface area contributed by atoms with Crippen LogP contribution < -0.4 is 10.6 Å². The molecule has 0 aromatic heterocycles. The summed E-state index contributed by atoms with van der Waals surface area (Å²) in [6.45, 7) is 0.805. The summed E-state index contributed by atoms with van der Waals surface area (Å²) >= 11 is 0. The molecular weight excluding hydrogens is 224 g/mol. The van der Waals surface area contributed by atoms with Gasteiger partial charge in [-0.05, 0) is 12.8 Å². The average Bonchev–Trinajstić information content (AvgIpc) is 2.74. The van der Waals surface area contributed by atoms with Crippen LogP contribution in [-0.2, 0) is 14.3 Å². The second kappa shape index (κ2) is 6.56. The lowest BCUT2D eigenvalue weighted by Gasteiger charge is -2.21. The number of hydrogen-bond donors (Lipinski definition) is 3. The number of rotatable bonds is 5. The molecule has 98 valence electrons. The van der Waals surface area contributed by atoms with Crippen LogP contribution in [0.15, 0.2) is 0 Å². The standard InChI is InChI=1S/C11H20N2O4/c1-17-7-6-12-9(14)10(15)13-8-11(16)4-2-3-5-11/h16H,2-8H2,1H3,(H,12,14)(H,13,15). The van der Waals surface area contributed by atoms with E-state index < -0.39 is 17.4 Å². The van der Waals surface area contributed by atoms with Crippen molar-refractivity contribution < 1.29 is 19.4 Å². The van der Waals surface area contributed by atoms with E-state index in [2.05, 4.69) is 10.6 Å². The SMILES string of the molecule is COCCNC(=O)C(=O)NCC1(O)CCCC1. The van der Waals surface area contributed by atoms with Gasteiger partial charge in [-0.1, -0.05) is 12.8 Å². The first-order valence-corrected chi connectivity index (χ1v) is 5.85. The molecule has 0 spiro atoms. The van der Waals surface area contributed by atoms with Crippen LogP contribution in [0.2, 0.25) is 0 Å². The van der Waals surface area contributed by atoms with Gasteiger partial charge in [0.15, 0.2) is 0 Å². The number of hydrogen-bond acceptors (Lipinski definition) is 4. The molecule has 1 aliphatic carbocycles. The minimum absolute atomic E-state index is 0.142. The highest BCUT2D eigenvalue weighted by Crippen LogP contribution is 2.28. The van der Waals surface area contributed by atoms with Crippen LogP contribution in [0.25, 0.3) is 0 Å². The van der Waals surface area contributed by atoms with Gasteiger partial charge < -0.3 is 20.5 Å². The zero-order valence-electron chi connectivity index (χ0n) is 10.1. The van der Waals surface area contributed by atoms with Crippen molar-refractivity contribution in [3.8, 4) is 0 Å². The van der Waals surface area contributed by atoms with E-state index in [0.29, 0.717) is 26.0 Å². The van der Waals surface area contributed by atoms with E-state index in [-0.39, 0.29) is 6.54 Å². The van der Waals surface area contributed by atoms with E-state index in [1.807, 2.05) is 0 Å². The van der Waals surface area contributed by atoms with Gasteiger partial charge in [0.1, 0.15) is 0 Å². The van der Waals surface area contributed by atoms with Crippen molar-refractivity contribution in [3.05, 3.63) is 0 Å². The summed E-state index contributed by atoms with van der Waals surface area (Å²) in [4.78, 5) is 22.6. The van der Waals surface area contributed by atoms with Gasteiger partial charge >= 0.3 is 11.8 Å². The molecule has 0 saturated heterocycles. The maximum absolute atomic E-state index is 11.4. The van der Waals surface area contributed by atoms with Crippen molar-refractivity contribution in [2.24, 2.45) is 0 Å². The summed E-state index contributed by atoms with van der Waals surface area (Å²) < 4.78 is 4.74. The number of aliphatic hydroxyl groups is 1. The Labute approximate surface area is 101 Å². The van der Waals surface area contributed by atoms with E-state index >= 15 is 0 Å². The van der Waals surface area contributed by atoms with Crippen LogP contribution in [-0.4, -0.2) is 49.3 Å². The van der Waals surface area contributed by atoms with E-state index in [9.17, 15) is 14.7 Å². The summed E-state index contributed by atoms with van der Waals surface area (Å²) in [5.41, 5.74) is -0.831. The summed E-state index contributed by atoms with van der Waals surface area (Å²) in [6.07, 6.45) is 3.29. The predicted molar refractivity (Wildman–Crippen MR) is 61.3 cm³/mol. The first kappa shape index (κ1) is 13.9. The van der Waals surface area contributed by atoms with Crippen LogP contribution in [0.5, 0.6) is 0 Å². The lowest BCUT2D eigenvalue weighted by atomic mass is 10.0. The summed E-state index contributed by atoms with van der Waals surface area (Å²) in [5, 5.41) is 14.8. The lowest BCUT2D eigenvalue weighted by molar-refractivity contribution is -0.139.